The van der Waals surface area contributed by atoms with Gasteiger partial charge in [0.15, 0.2) is 0 Å². The van der Waals surface area contributed by atoms with Crippen LogP contribution in [-0.2, 0) is 10.0 Å². The van der Waals surface area contributed by atoms with Crippen LogP contribution in [-0.4, -0.2) is 27.7 Å². The van der Waals surface area contributed by atoms with Gasteiger partial charge in [-0.15, -0.1) is 0 Å². The first kappa shape index (κ1) is 20.8. The van der Waals surface area contributed by atoms with E-state index >= 15 is 0 Å². The van der Waals surface area contributed by atoms with Crippen molar-refractivity contribution in [1.29, 1.82) is 0 Å². The number of carbonyl (C=O) groups is 1. The zero-order valence-electron chi connectivity index (χ0n) is 16.3. The van der Waals surface area contributed by atoms with Gasteiger partial charge in [-0.2, -0.15) is 0 Å². The molecule has 0 unspecified atom stereocenters. The first-order chi connectivity index (χ1) is 12.6. The monoisotopic (exact) mass is 390 g/mol. The minimum atomic E-state index is -3.36. The van der Waals surface area contributed by atoms with Crippen LogP contribution in [0.15, 0.2) is 36.4 Å². The lowest BCUT2D eigenvalue weighted by Crippen LogP contribution is -2.28. The number of sulfonamides is 1. The highest BCUT2D eigenvalue weighted by Gasteiger charge is 2.16. The number of benzene rings is 2. The predicted molar refractivity (Wildman–Crippen MR) is 108 cm³/mol. The van der Waals surface area contributed by atoms with Crippen molar-refractivity contribution in [2.75, 3.05) is 18.1 Å². The standard InChI is InChI=1S/C20H26N2O4S/c1-6-17(15-8-10-19(26-4)14(3)12-15)21-20(23)16-7-9-18(13(2)11-16)22-27(5,24)25/h7-12,17,22H,6H2,1-5H3,(H,21,23)/t17-/m0/s1. The molecule has 1 atom stereocenters. The Morgan fingerprint density at radius 1 is 1.11 bits per heavy atom. The second-order valence-electron chi connectivity index (χ2n) is 6.57. The van der Waals surface area contributed by atoms with Gasteiger partial charge >= 0.3 is 0 Å². The summed E-state index contributed by atoms with van der Waals surface area (Å²) >= 11 is 0. The summed E-state index contributed by atoms with van der Waals surface area (Å²) in [7, 11) is -1.73. The zero-order valence-corrected chi connectivity index (χ0v) is 17.1. The second kappa shape index (κ2) is 8.43. The summed E-state index contributed by atoms with van der Waals surface area (Å²) in [6, 6.07) is 10.6. The summed E-state index contributed by atoms with van der Waals surface area (Å²) < 4.78 is 30.5. The Hall–Kier alpha value is -2.54. The predicted octanol–water partition coefficient (Wildman–Crippen LogP) is 3.56. The van der Waals surface area contributed by atoms with Crippen LogP contribution in [0.3, 0.4) is 0 Å². The molecule has 146 valence electrons. The number of aryl methyl sites for hydroxylation is 2. The van der Waals surface area contributed by atoms with Crippen LogP contribution >= 0.6 is 0 Å². The number of carbonyl (C=O) groups excluding carboxylic acids is 1. The minimum absolute atomic E-state index is 0.128. The van der Waals surface area contributed by atoms with Gasteiger partial charge in [-0.25, -0.2) is 8.42 Å². The lowest BCUT2D eigenvalue weighted by Gasteiger charge is -2.19. The summed E-state index contributed by atoms with van der Waals surface area (Å²) in [5.74, 6) is 0.605. The van der Waals surface area contributed by atoms with Crippen LogP contribution in [0.1, 0.15) is 46.4 Å². The highest BCUT2D eigenvalue weighted by atomic mass is 32.2. The Labute approximate surface area is 161 Å². The Balaban J connectivity index is 2.19. The van der Waals surface area contributed by atoms with Crippen LogP contribution in [0.4, 0.5) is 5.69 Å². The average molecular weight is 391 g/mol. The zero-order chi connectivity index (χ0) is 20.2. The lowest BCUT2D eigenvalue weighted by atomic mass is 10.0. The summed E-state index contributed by atoms with van der Waals surface area (Å²) in [5.41, 5.74) is 3.65. The van der Waals surface area contributed by atoms with Crippen molar-refractivity contribution in [3.05, 3.63) is 58.7 Å². The molecule has 2 aromatic rings. The Kier molecular flexibility index (Phi) is 6.49. The first-order valence-electron chi connectivity index (χ1n) is 8.68. The number of anilines is 1. The van der Waals surface area contributed by atoms with Gasteiger partial charge in [-0.1, -0.05) is 19.1 Å². The molecule has 0 radical (unpaired) electrons. The number of rotatable bonds is 7. The molecule has 0 aliphatic carbocycles. The van der Waals surface area contributed by atoms with Gasteiger partial charge in [0, 0.05) is 5.56 Å². The van der Waals surface area contributed by atoms with Crippen LogP contribution < -0.4 is 14.8 Å². The molecule has 0 bridgehead atoms. The van der Waals surface area contributed by atoms with E-state index in [0.29, 0.717) is 16.8 Å². The molecule has 7 heteroatoms. The van der Waals surface area contributed by atoms with E-state index in [4.69, 9.17) is 4.74 Å². The smallest absolute Gasteiger partial charge is 0.251 e. The molecule has 0 aromatic heterocycles. The number of amides is 1. The van der Waals surface area contributed by atoms with Crippen molar-refractivity contribution in [2.24, 2.45) is 0 Å². The third-order valence-corrected chi connectivity index (χ3v) is 4.91. The number of methoxy groups -OCH3 is 1. The van der Waals surface area contributed by atoms with E-state index in [0.717, 1.165) is 29.6 Å². The second-order valence-corrected chi connectivity index (χ2v) is 8.32. The number of nitrogens with one attached hydrogen (secondary N) is 2. The first-order valence-corrected chi connectivity index (χ1v) is 10.6. The fraction of sp³-hybridized carbons (Fsp3) is 0.350. The van der Waals surface area contributed by atoms with E-state index in [1.807, 2.05) is 32.0 Å². The topological polar surface area (TPSA) is 84.5 Å². The Bertz CT molecular complexity index is 939. The molecule has 0 saturated heterocycles. The van der Waals surface area contributed by atoms with Gasteiger partial charge in [-0.05, 0) is 61.2 Å². The highest BCUT2D eigenvalue weighted by Crippen LogP contribution is 2.25. The Morgan fingerprint density at radius 3 is 2.33 bits per heavy atom. The normalized spacial score (nSPS) is 12.3. The molecule has 0 fully saturated rings. The van der Waals surface area contributed by atoms with E-state index in [9.17, 15) is 13.2 Å². The van der Waals surface area contributed by atoms with E-state index in [1.54, 1.807) is 32.2 Å². The molecule has 0 aliphatic heterocycles. The summed E-state index contributed by atoms with van der Waals surface area (Å²) in [5, 5.41) is 3.04. The average Bonchev–Trinajstić information content (AvgIpc) is 2.60. The lowest BCUT2D eigenvalue weighted by molar-refractivity contribution is 0.0935. The summed E-state index contributed by atoms with van der Waals surface area (Å²) in [6.45, 7) is 5.73. The van der Waals surface area contributed by atoms with Crippen molar-refractivity contribution in [3.8, 4) is 5.75 Å². The van der Waals surface area contributed by atoms with Gasteiger partial charge in [0.05, 0.1) is 25.1 Å². The highest BCUT2D eigenvalue weighted by molar-refractivity contribution is 7.92. The molecule has 2 rings (SSSR count). The van der Waals surface area contributed by atoms with Gasteiger partial charge in [-0.3, -0.25) is 9.52 Å². The van der Waals surface area contributed by atoms with Crippen LogP contribution in [0.2, 0.25) is 0 Å². The summed E-state index contributed by atoms with van der Waals surface area (Å²) in [6.07, 6.45) is 1.83. The van der Waals surface area contributed by atoms with Crippen molar-refractivity contribution in [3.63, 3.8) is 0 Å². The third kappa shape index (κ3) is 5.47. The maximum Gasteiger partial charge on any atom is 0.251 e. The molecular weight excluding hydrogens is 364 g/mol. The van der Waals surface area contributed by atoms with E-state index in [2.05, 4.69) is 10.0 Å². The SMILES string of the molecule is CC[C@H](NC(=O)c1ccc(NS(C)(=O)=O)c(C)c1)c1ccc(OC)c(C)c1. The molecule has 27 heavy (non-hydrogen) atoms. The van der Waals surface area contributed by atoms with E-state index < -0.39 is 10.0 Å². The third-order valence-electron chi connectivity index (χ3n) is 4.32. The fourth-order valence-corrected chi connectivity index (χ4v) is 3.53. The molecule has 0 heterocycles. The number of hydrogen-bond donors (Lipinski definition) is 2. The molecule has 6 nitrogen and oxygen atoms in total. The minimum Gasteiger partial charge on any atom is -0.496 e. The van der Waals surface area contributed by atoms with Gasteiger partial charge < -0.3 is 10.1 Å². The number of hydrogen-bond acceptors (Lipinski definition) is 4. The molecular formula is C20H26N2O4S. The van der Waals surface area contributed by atoms with E-state index in [-0.39, 0.29) is 11.9 Å². The largest absolute Gasteiger partial charge is 0.496 e. The van der Waals surface area contributed by atoms with Crippen LogP contribution in [0.5, 0.6) is 5.75 Å². The molecule has 0 saturated carbocycles. The maximum absolute atomic E-state index is 12.7. The van der Waals surface area contributed by atoms with Gasteiger partial charge in [0.2, 0.25) is 10.0 Å². The van der Waals surface area contributed by atoms with Gasteiger partial charge in [0.1, 0.15) is 5.75 Å². The molecule has 2 N–H and O–H groups in total. The van der Waals surface area contributed by atoms with E-state index in [1.165, 1.54) is 0 Å². The van der Waals surface area contributed by atoms with Crippen molar-refractivity contribution in [2.45, 2.75) is 33.2 Å². The summed E-state index contributed by atoms with van der Waals surface area (Å²) in [4.78, 5) is 12.7. The molecule has 2 aromatic carbocycles. The maximum atomic E-state index is 12.7. The Morgan fingerprint density at radius 2 is 1.81 bits per heavy atom. The van der Waals surface area contributed by atoms with Crippen molar-refractivity contribution >= 4 is 21.6 Å². The van der Waals surface area contributed by atoms with Crippen molar-refractivity contribution < 1.29 is 17.9 Å². The molecule has 0 spiro atoms. The van der Waals surface area contributed by atoms with Gasteiger partial charge in [0.25, 0.3) is 5.91 Å². The van der Waals surface area contributed by atoms with Crippen LogP contribution in [0.25, 0.3) is 0 Å². The fourth-order valence-electron chi connectivity index (χ4n) is 2.90. The van der Waals surface area contributed by atoms with Crippen molar-refractivity contribution in [1.82, 2.24) is 5.32 Å². The molecule has 0 aliphatic rings. The quantitative estimate of drug-likeness (QED) is 0.757. The molecule has 1 amide bonds. The number of ether oxygens (including phenoxy) is 1. The van der Waals surface area contributed by atoms with Crippen LogP contribution in [0, 0.1) is 13.8 Å².